The number of ether oxygens (including phenoxy) is 3. The van der Waals surface area contributed by atoms with Gasteiger partial charge in [-0.1, -0.05) is 26.8 Å². The van der Waals surface area contributed by atoms with Crippen molar-refractivity contribution in [1.29, 1.82) is 0 Å². The van der Waals surface area contributed by atoms with Crippen molar-refractivity contribution in [2.24, 2.45) is 0 Å². The molecule has 3 aromatic rings. The van der Waals surface area contributed by atoms with Gasteiger partial charge in [0.1, 0.15) is 0 Å². The minimum Gasteiger partial charge on any atom is -0.454 e. The van der Waals surface area contributed by atoms with E-state index in [1.807, 2.05) is 36.4 Å². The van der Waals surface area contributed by atoms with Gasteiger partial charge in [0.2, 0.25) is 12.7 Å². The van der Waals surface area contributed by atoms with Gasteiger partial charge in [-0.15, -0.1) is 0 Å². The summed E-state index contributed by atoms with van der Waals surface area (Å²) >= 11 is 0. The van der Waals surface area contributed by atoms with Crippen molar-refractivity contribution in [3.8, 4) is 11.5 Å². The Morgan fingerprint density at radius 2 is 1.91 bits per heavy atom. The summed E-state index contributed by atoms with van der Waals surface area (Å²) in [6, 6.07) is 13.9. The first-order valence-corrected chi connectivity index (χ1v) is 11.7. The van der Waals surface area contributed by atoms with Crippen LogP contribution in [0.2, 0.25) is 0 Å². The van der Waals surface area contributed by atoms with Crippen LogP contribution in [0.1, 0.15) is 44.9 Å². The number of aliphatic hydroxyl groups is 1. The second-order valence-corrected chi connectivity index (χ2v) is 10.4. The van der Waals surface area contributed by atoms with E-state index in [2.05, 4.69) is 36.7 Å². The van der Waals surface area contributed by atoms with E-state index in [9.17, 15) is 9.90 Å². The van der Waals surface area contributed by atoms with Gasteiger partial charge < -0.3 is 29.2 Å². The van der Waals surface area contributed by atoms with Crippen LogP contribution in [-0.2, 0) is 26.9 Å². The SMILES string of the molecule is COC[C@@H](O)Cn1c(C(C)(C)C)cc2cc(NC(=O)C3(c4ccc5c(c4)OCO5)CC3)ccc21. The fraction of sp³-hybridized carbons (Fsp3) is 0.444. The Balaban J connectivity index is 1.42. The molecule has 1 atom stereocenters. The molecular weight excluding hydrogens is 432 g/mol. The molecule has 1 aliphatic heterocycles. The Morgan fingerprint density at radius 3 is 2.62 bits per heavy atom. The van der Waals surface area contributed by atoms with Crippen LogP contribution in [0.4, 0.5) is 5.69 Å². The number of hydrogen-bond acceptors (Lipinski definition) is 5. The van der Waals surface area contributed by atoms with Crippen LogP contribution in [0, 0.1) is 0 Å². The normalized spacial score (nSPS) is 17.1. The predicted molar refractivity (Wildman–Crippen MR) is 131 cm³/mol. The maximum absolute atomic E-state index is 13.3. The van der Waals surface area contributed by atoms with Crippen LogP contribution in [0.25, 0.3) is 10.9 Å². The molecule has 5 rings (SSSR count). The van der Waals surface area contributed by atoms with Crippen molar-refractivity contribution in [3.05, 3.63) is 53.7 Å². The topological polar surface area (TPSA) is 82.0 Å². The Hall–Kier alpha value is -3.03. The quantitative estimate of drug-likeness (QED) is 0.544. The first-order valence-electron chi connectivity index (χ1n) is 11.7. The Kier molecular flexibility index (Phi) is 5.57. The molecule has 2 N–H and O–H groups in total. The van der Waals surface area contributed by atoms with E-state index in [4.69, 9.17) is 14.2 Å². The van der Waals surface area contributed by atoms with Gasteiger partial charge in [-0.25, -0.2) is 0 Å². The summed E-state index contributed by atoms with van der Waals surface area (Å²) in [5.74, 6) is 1.42. The number of benzene rings is 2. The number of nitrogens with zero attached hydrogens (tertiary/aromatic N) is 1. The third kappa shape index (κ3) is 4.03. The van der Waals surface area contributed by atoms with Gasteiger partial charge in [-0.05, 0) is 54.8 Å². The molecule has 2 heterocycles. The van der Waals surface area contributed by atoms with Gasteiger partial charge >= 0.3 is 0 Å². The molecule has 0 radical (unpaired) electrons. The van der Waals surface area contributed by atoms with E-state index < -0.39 is 11.5 Å². The van der Waals surface area contributed by atoms with E-state index in [-0.39, 0.29) is 24.7 Å². The van der Waals surface area contributed by atoms with E-state index >= 15 is 0 Å². The zero-order valence-corrected chi connectivity index (χ0v) is 20.2. The van der Waals surface area contributed by atoms with Crippen molar-refractivity contribution in [2.75, 3.05) is 25.8 Å². The van der Waals surface area contributed by atoms with E-state index in [1.165, 1.54) is 0 Å². The first kappa shape index (κ1) is 22.7. The van der Waals surface area contributed by atoms with E-state index in [1.54, 1.807) is 7.11 Å². The molecule has 2 aliphatic rings. The molecule has 0 unspecified atom stereocenters. The van der Waals surface area contributed by atoms with Crippen molar-refractivity contribution in [1.82, 2.24) is 4.57 Å². The number of aromatic nitrogens is 1. The van der Waals surface area contributed by atoms with Crippen LogP contribution in [-0.4, -0.2) is 42.2 Å². The molecule has 7 heteroatoms. The lowest BCUT2D eigenvalue weighted by Crippen LogP contribution is -2.27. The molecule has 1 amide bonds. The van der Waals surface area contributed by atoms with E-state index in [0.29, 0.717) is 12.3 Å². The second-order valence-electron chi connectivity index (χ2n) is 10.4. The first-order chi connectivity index (χ1) is 16.2. The molecule has 1 aromatic heterocycles. The van der Waals surface area contributed by atoms with Crippen molar-refractivity contribution in [2.45, 2.75) is 57.1 Å². The fourth-order valence-electron chi connectivity index (χ4n) is 4.84. The van der Waals surface area contributed by atoms with Gasteiger partial charge in [-0.2, -0.15) is 0 Å². The van der Waals surface area contributed by atoms with Crippen LogP contribution in [0.5, 0.6) is 11.5 Å². The number of amides is 1. The third-order valence-electron chi connectivity index (χ3n) is 6.79. The number of anilines is 1. The highest BCUT2D eigenvalue weighted by molar-refractivity contribution is 6.02. The largest absolute Gasteiger partial charge is 0.454 e. The average molecular weight is 465 g/mol. The summed E-state index contributed by atoms with van der Waals surface area (Å²) in [5, 5.41) is 14.6. The number of aliphatic hydroxyl groups excluding tert-OH is 1. The average Bonchev–Trinajstić information content (AvgIpc) is 3.33. The highest BCUT2D eigenvalue weighted by Gasteiger charge is 2.51. The summed E-state index contributed by atoms with van der Waals surface area (Å²) in [6.45, 7) is 7.42. The minimum absolute atomic E-state index is 0.00305. The van der Waals surface area contributed by atoms with Crippen LogP contribution < -0.4 is 14.8 Å². The number of fused-ring (bicyclic) bond motifs is 2. The lowest BCUT2D eigenvalue weighted by molar-refractivity contribution is -0.118. The second kappa shape index (κ2) is 8.32. The smallest absolute Gasteiger partial charge is 0.235 e. The summed E-state index contributed by atoms with van der Waals surface area (Å²) in [5.41, 5.74) is 3.24. The molecule has 7 nitrogen and oxygen atoms in total. The van der Waals surface area contributed by atoms with Gasteiger partial charge in [0.05, 0.1) is 24.7 Å². The molecule has 180 valence electrons. The van der Waals surface area contributed by atoms with Crippen LogP contribution >= 0.6 is 0 Å². The monoisotopic (exact) mass is 464 g/mol. The van der Waals surface area contributed by atoms with Gasteiger partial charge in [0.15, 0.2) is 11.5 Å². The molecule has 0 spiro atoms. The van der Waals surface area contributed by atoms with Gasteiger partial charge in [0.25, 0.3) is 0 Å². The lowest BCUT2D eigenvalue weighted by atomic mass is 9.92. The van der Waals surface area contributed by atoms with Crippen LogP contribution in [0.15, 0.2) is 42.5 Å². The number of hydrogen-bond donors (Lipinski definition) is 2. The Labute approximate surface area is 199 Å². The number of carbonyl (C=O) groups excluding carboxylic acids is 1. The molecular formula is C27H32N2O5. The van der Waals surface area contributed by atoms with Gasteiger partial charge in [-0.3, -0.25) is 4.79 Å². The fourth-order valence-corrected chi connectivity index (χ4v) is 4.84. The van der Waals surface area contributed by atoms with Gasteiger partial charge in [0, 0.05) is 34.8 Å². The number of rotatable bonds is 7. The minimum atomic E-state index is -0.600. The van der Waals surface area contributed by atoms with Crippen molar-refractivity contribution in [3.63, 3.8) is 0 Å². The zero-order valence-electron chi connectivity index (χ0n) is 20.2. The highest BCUT2D eigenvalue weighted by Crippen LogP contribution is 2.51. The zero-order chi connectivity index (χ0) is 24.1. The van der Waals surface area contributed by atoms with Crippen molar-refractivity contribution >= 4 is 22.5 Å². The predicted octanol–water partition coefficient (Wildman–Crippen LogP) is 4.35. The third-order valence-corrected chi connectivity index (χ3v) is 6.79. The maximum atomic E-state index is 13.3. The number of nitrogens with one attached hydrogen (secondary N) is 1. The molecule has 2 aromatic carbocycles. The Morgan fingerprint density at radius 1 is 1.15 bits per heavy atom. The van der Waals surface area contributed by atoms with Crippen molar-refractivity contribution < 1.29 is 24.1 Å². The summed E-state index contributed by atoms with van der Waals surface area (Å²) in [6.07, 6.45) is 1.02. The molecule has 34 heavy (non-hydrogen) atoms. The number of methoxy groups -OCH3 is 1. The summed E-state index contributed by atoms with van der Waals surface area (Å²) < 4.78 is 18.2. The highest BCUT2D eigenvalue weighted by atomic mass is 16.7. The standard InChI is InChI=1S/C27H32N2O5/c1-26(2,3)24-12-17-11-19(6-7-21(17)29(24)14-20(30)15-32-4)28-25(31)27(9-10-27)18-5-8-22-23(13-18)34-16-33-22/h5-8,11-13,20,30H,9-10,14-16H2,1-4H3,(H,28,31)/t20-/m0/s1. The molecule has 1 saturated carbocycles. The molecule has 1 aliphatic carbocycles. The van der Waals surface area contributed by atoms with E-state index in [0.717, 1.165) is 46.4 Å². The Bertz CT molecular complexity index is 1240. The summed E-state index contributed by atoms with van der Waals surface area (Å²) in [4.78, 5) is 13.3. The molecule has 0 bridgehead atoms. The molecule has 1 fully saturated rings. The maximum Gasteiger partial charge on any atom is 0.235 e. The summed E-state index contributed by atoms with van der Waals surface area (Å²) in [7, 11) is 1.59. The van der Waals surface area contributed by atoms with Crippen LogP contribution in [0.3, 0.4) is 0 Å². The molecule has 0 saturated heterocycles. The lowest BCUT2D eigenvalue weighted by Gasteiger charge is -2.23. The number of carbonyl (C=O) groups is 1.